The Morgan fingerprint density at radius 1 is 1.42 bits per heavy atom. The average Bonchev–Trinajstić information content (AvgIpc) is 3.18. The summed E-state index contributed by atoms with van der Waals surface area (Å²) in [6.45, 7) is 1.54. The first-order chi connectivity index (χ1) is 8.87. The normalized spacial score (nSPS) is 24.5. The number of aliphatic hydroxyl groups excluding tert-OH is 1. The molecule has 0 bridgehead atoms. The van der Waals surface area contributed by atoms with Gasteiger partial charge in [0.1, 0.15) is 0 Å². The van der Waals surface area contributed by atoms with Crippen molar-refractivity contribution in [3.63, 3.8) is 0 Å². The Morgan fingerprint density at radius 3 is 2.53 bits per heavy atom. The molecule has 1 saturated carbocycles. The zero-order chi connectivity index (χ0) is 14.2. The first kappa shape index (κ1) is 15.0. The molecule has 0 saturated heterocycles. The maximum absolute atomic E-state index is 12.3. The molecule has 0 aliphatic heterocycles. The van der Waals surface area contributed by atoms with Crippen molar-refractivity contribution in [3.05, 3.63) is 34.3 Å². The van der Waals surface area contributed by atoms with E-state index >= 15 is 0 Å². The smallest absolute Gasteiger partial charge is 0.217 e. The van der Waals surface area contributed by atoms with E-state index in [1.807, 2.05) is 24.3 Å². The molecule has 1 aliphatic carbocycles. The summed E-state index contributed by atoms with van der Waals surface area (Å²) >= 11 is 3.37. The monoisotopic (exact) mass is 347 g/mol. The zero-order valence-electron chi connectivity index (χ0n) is 11.0. The molecular weight excluding hydrogens is 330 g/mol. The summed E-state index contributed by atoms with van der Waals surface area (Å²) in [7, 11) is -1.79. The third-order valence-electron chi connectivity index (χ3n) is 3.70. The lowest BCUT2D eigenvalue weighted by molar-refractivity contribution is 0.213. The molecule has 0 heterocycles. The van der Waals surface area contributed by atoms with Crippen molar-refractivity contribution < 1.29 is 13.5 Å². The molecule has 3 atom stereocenters. The molecule has 1 aromatic carbocycles. The summed E-state index contributed by atoms with van der Waals surface area (Å²) in [4.78, 5) is 0. The van der Waals surface area contributed by atoms with Crippen LogP contribution in [0.15, 0.2) is 28.7 Å². The van der Waals surface area contributed by atoms with Gasteiger partial charge in [0.05, 0.1) is 11.9 Å². The van der Waals surface area contributed by atoms with Crippen molar-refractivity contribution in [2.75, 3.05) is 13.7 Å². The molecular formula is C13H18BrNO3S. The predicted octanol–water partition coefficient (Wildman–Crippen LogP) is 1.95. The van der Waals surface area contributed by atoms with Gasteiger partial charge in [-0.05, 0) is 31.0 Å². The van der Waals surface area contributed by atoms with Crippen LogP contribution in [-0.2, 0) is 10.0 Å². The highest BCUT2D eigenvalue weighted by Crippen LogP contribution is 2.47. The first-order valence-electron chi connectivity index (χ1n) is 6.21. The highest BCUT2D eigenvalue weighted by atomic mass is 79.9. The van der Waals surface area contributed by atoms with Gasteiger partial charge in [0.2, 0.25) is 10.0 Å². The van der Waals surface area contributed by atoms with Crippen molar-refractivity contribution in [1.82, 2.24) is 4.31 Å². The Labute approximate surface area is 122 Å². The average molecular weight is 348 g/mol. The highest BCUT2D eigenvalue weighted by Gasteiger charge is 2.50. The van der Waals surface area contributed by atoms with E-state index in [1.54, 1.807) is 6.92 Å². The van der Waals surface area contributed by atoms with Crippen LogP contribution >= 0.6 is 15.9 Å². The molecule has 0 spiro atoms. The van der Waals surface area contributed by atoms with Crippen LogP contribution in [0.1, 0.15) is 24.8 Å². The highest BCUT2D eigenvalue weighted by molar-refractivity contribution is 9.10. The lowest BCUT2D eigenvalue weighted by Gasteiger charge is -2.22. The summed E-state index contributed by atoms with van der Waals surface area (Å²) < 4.78 is 27.0. The zero-order valence-corrected chi connectivity index (χ0v) is 13.4. The van der Waals surface area contributed by atoms with Crippen molar-refractivity contribution in [2.45, 2.75) is 30.6 Å². The number of hydrogen-bond acceptors (Lipinski definition) is 3. The second-order valence-corrected chi connectivity index (χ2v) is 8.15. The van der Waals surface area contributed by atoms with E-state index in [1.165, 1.54) is 11.4 Å². The number of hydrogen-bond donors (Lipinski definition) is 1. The van der Waals surface area contributed by atoms with E-state index < -0.39 is 10.0 Å². The number of halogens is 1. The number of rotatable bonds is 5. The minimum absolute atomic E-state index is 0.0754. The number of nitrogens with zero attached hydrogens (tertiary/aromatic N) is 1. The summed E-state index contributed by atoms with van der Waals surface area (Å²) in [6, 6.07) is 7.39. The summed E-state index contributed by atoms with van der Waals surface area (Å²) in [5, 5.41) is 8.72. The Kier molecular flexibility index (Phi) is 4.35. The third-order valence-corrected chi connectivity index (χ3v) is 6.68. The van der Waals surface area contributed by atoms with Gasteiger partial charge in [-0.1, -0.05) is 28.1 Å². The van der Waals surface area contributed by atoms with Gasteiger partial charge in [-0.2, -0.15) is 4.31 Å². The largest absolute Gasteiger partial charge is 0.395 e. The van der Waals surface area contributed by atoms with Crippen molar-refractivity contribution >= 4 is 26.0 Å². The maximum Gasteiger partial charge on any atom is 0.217 e. The second kappa shape index (κ2) is 5.52. The van der Waals surface area contributed by atoms with Crippen LogP contribution in [0.5, 0.6) is 0 Å². The summed E-state index contributed by atoms with van der Waals surface area (Å²) in [5.41, 5.74) is 1.06. The van der Waals surface area contributed by atoms with Gasteiger partial charge in [-0.25, -0.2) is 8.42 Å². The molecule has 106 valence electrons. The quantitative estimate of drug-likeness (QED) is 0.885. The van der Waals surface area contributed by atoms with Gasteiger partial charge in [-0.3, -0.25) is 0 Å². The fourth-order valence-corrected chi connectivity index (χ4v) is 4.42. The topological polar surface area (TPSA) is 57.6 Å². The van der Waals surface area contributed by atoms with Crippen LogP contribution in [0, 0.1) is 0 Å². The molecule has 0 radical (unpaired) electrons. The molecule has 2 rings (SSSR count). The number of likely N-dealkylation sites (N-methyl/N-ethyl adjacent to an activating group) is 1. The molecule has 1 N–H and O–H groups in total. The van der Waals surface area contributed by atoms with E-state index in [4.69, 9.17) is 5.11 Å². The fraction of sp³-hybridized carbons (Fsp3) is 0.538. The SMILES string of the molecule is C[C@H](CO)N(C)S(=O)(=O)C1CC1c1ccc(Br)cc1. The van der Waals surface area contributed by atoms with Gasteiger partial charge < -0.3 is 5.11 Å². The minimum Gasteiger partial charge on any atom is -0.395 e. The predicted molar refractivity (Wildman–Crippen MR) is 78.5 cm³/mol. The maximum atomic E-state index is 12.3. The minimum atomic E-state index is -3.32. The molecule has 0 amide bonds. The van der Waals surface area contributed by atoms with Crippen LogP contribution in [0.2, 0.25) is 0 Å². The van der Waals surface area contributed by atoms with Crippen molar-refractivity contribution in [3.8, 4) is 0 Å². The molecule has 1 fully saturated rings. The molecule has 0 aromatic heterocycles. The van der Waals surface area contributed by atoms with Crippen LogP contribution in [-0.4, -0.2) is 42.8 Å². The molecule has 1 aromatic rings. The lowest BCUT2D eigenvalue weighted by atomic mass is 10.1. The Morgan fingerprint density at radius 2 is 2.00 bits per heavy atom. The molecule has 4 nitrogen and oxygen atoms in total. The third kappa shape index (κ3) is 3.02. The van der Waals surface area contributed by atoms with Gasteiger partial charge in [0.25, 0.3) is 0 Å². The van der Waals surface area contributed by atoms with Crippen LogP contribution in [0.3, 0.4) is 0 Å². The first-order valence-corrected chi connectivity index (χ1v) is 8.50. The van der Waals surface area contributed by atoms with Gasteiger partial charge in [0.15, 0.2) is 0 Å². The number of aliphatic hydroxyl groups is 1. The second-order valence-electron chi connectivity index (χ2n) is 5.02. The van der Waals surface area contributed by atoms with Crippen molar-refractivity contribution in [1.29, 1.82) is 0 Å². The molecule has 1 aliphatic rings. The number of benzene rings is 1. The fourth-order valence-electron chi connectivity index (χ4n) is 2.14. The lowest BCUT2D eigenvalue weighted by Crippen LogP contribution is -2.39. The molecule has 19 heavy (non-hydrogen) atoms. The van der Waals surface area contributed by atoms with Gasteiger partial charge in [0, 0.05) is 23.5 Å². The van der Waals surface area contributed by atoms with Crippen LogP contribution in [0.25, 0.3) is 0 Å². The van der Waals surface area contributed by atoms with E-state index in [9.17, 15) is 8.42 Å². The Hall–Kier alpha value is -0.430. The molecule has 2 unspecified atom stereocenters. The van der Waals surface area contributed by atoms with Crippen molar-refractivity contribution in [2.24, 2.45) is 0 Å². The summed E-state index contributed by atoms with van der Waals surface area (Å²) in [6.07, 6.45) is 0.659. The van der Waals surface area contributed by atoms with E-state index in [0.717, 1.165) is 10.0 Å². The van der Waals surface area contributed by atoms with E-state index in [2.05, 4.69) is 15.9 Å². The standard InChI is InChI=1S/C13H18BrNO3S/c1-9(8-16)15(2)19(17,18)13-7-12(13)10-3-5-11(14)6-4-10/h3-6,9,12-13,16H,7-8H2,1-2H3/t9-,12?,13?/m1/s1. The summed E-state index contributed by atoms with van der Waals surface area (Å²) in [5.74, 6) is 0.0754. The molecule has 6 heteroatoms. The Bertz CT molecular complexity index is 544. The Balaban J connectivity index is 2.12. The van der Waals surface area contributed by atoms with Crippen LogP contribution < -0.4 is 0 Å². The van der Waals surface area contributed by atoms with Gasteiger partial charge in [-0.15, -0.1) is 0 Å². The van der Waals surface area contributed by atoms with E-state index in [0.29, 0.717) is 6.42 Å². The van der Waals surface area contributed by atoms with Gasteiger partial charge >= 0.3 is 0 Å². The number of sulfonamides is 1. The van der Waals surface area contributed by atoms with Crippen LogP contribution in [0.4, 0.5) is 0 Å². The van der Waals surface area contributed by atoms with E-state index in [-0.39, 0.29) is 23.8 Å².